The van der Waals surface area contributed by atoms with Gasteiger partial charge in [-0.25, -0.2) is 5.48 Å². The zero-order valence-electron chi connectivity index (χ0n) is 14.4. The fraction of sp³-hybridized carbons (Fsp3) is 0.389. The lowest BCUT2D eigenvalue weighted by atomic mass is 10.0. The average Bonchev–Trinajstić information content (AvgIpc) is 2.63. The van der Waals surface area contributed by atoms with Gasteiger partial charge in [-0.1, -0.05) is 24.3 Å². The highest BCUT2D eigenvalue weighted by Crippen LogP contribution is 2.24. The van der Waals surface area contributed by atoms with Gasteiger partial charge in [0.25, 0.3) is 5.91 Å². The Balaban J connectivity index is 2.66. The van der Waals surface area contributed by atoms with Gasteiger partial charge in [-0.15, -0.1) is 0 Å². The third-order valence-electron chi connectivity index (χ3n) is 3.45. The molecule has 0 fully saturated rings. The van der Waals surface area contributed by atoms with Crippen LogP contribution in [0.4, 0.5) is 0 Å². The molecule has 0 bridgehead atoms. The number of ether oxygens (including phenoxy) is 2. The van der Waals surface area contributed by atoms with E-state index in [-0.39, 0.29) is 13.2 Å². The Labute approximate surface area is 147 Å². The summed E-state index contributed by atoms with van der Waals surface area (Å²) in [5.41, 5.74) is 2.86. The molecule has 1 rings (SSSR count). The van der Waals surface area contributed by atoms with Gasteiger partial charge in [-0.05, 0) is 36.6 Å². The predicted octanol–water partition coefficient (Wildman–Crippen LogP) is 1.50. The summed E-state index contributed by atoms with van der Waals surface area (Å²) in [5, 5.41) is 27.6. The summed E-state index contributed by atoms with van der Waals surface area (Å²) in [4.78, 5) is 11.0. The normalized spacial score (nSPS) is 14.4. The Morgan fingerprint density at radius 2 is 2.00 bits per heavy atom. The van der Waals surface area contributed by atoms with Crippen molar-refractivity contribution in [2.24, 2.45) is 0 Å². The minimum atomic E-state index is -0.827. The molecule has 0 saturated heterocycles. The number of carbonyl (C=O) groups excluding carboxylic acids is 1. The smallest absolute Gasteiger partial charge is 0.267 e. The SMILES string of the molecule is CO[C@@H](C/C=C/C(C)=C/C(=O)NO)[C@@H](O)c1ccc(OCCO)cc1. The van der Waals surface area contributed by atoms with Crippen molar-refractivity contribution in [3.63, 3.8) is 0 Å². The minimum Gasteiger partial charge on any atom is -0.491 e. The fourth-order valence-corrected chi connectivity index (χ4v) is 2.17. The Kier molecular flexibility index (Phi) is 9.49. The first-order valence-electron chi connectivity index (χ1n) is 7.85. The van der Waals surface area contributed by atoms with Crippen molar-refractivity contribution in [3.8, 4) is 5.75 Å². The molecule has 0 radical (unpaired) electrons. The number of hydroxylamine groups is 1. The van der Waals surface area contributed by atoms with Crippen LogP contribution in [0.1, 0.15) is 25.0 Å². The standard InChI is InChI=1S/C18H25NO6/c1-13(12-17(21)19-23)4-3-5-16(24-2)18(22)14-6-8-15(9-7-14)25-11-10-20/h3-4,6-9,12,16,18,20,22-23H,5,10-11H2,1-2H3,(H,19,21)/b4-3+,13-12+/t16-,18-/m0/s1. The van der Waals surface area contributed by atoms with E-state index in [1.165, 1.54) is 18.7 Å². The monoisotopic (exact) mass is 351 g/mol. The van der Waals surface area contributed by atoms with E-state index in [0.29, 0.717) is 23.3 Å². The van der Waals surface area contributed by atoms with Gasteiger partial charge in [0, 0.05) is 13.2 Å². The van der Waals surface area contributed by atoms with Crippen LogP contribution in [-0.2, 0) is 9.53 Å². The second-order valence-corrected chi connectivity index (χ2v) is 5.36. The van der Waals surface area contributed by atoms with Crippen molar-refractivity contribution in [1.29, 1.82) is 0 Å². The number of aliphatic hydroxyl groups is 2. The molecule has 7 heteroatoms. The van der Waals surface area contributed by atoms with Crippen LogP contribution in [0, 0.1) is 0 Å². The van der Waals surface area contributed by atoms with Crippen molar-refractivity contribution in [3.05, 3.63) is 53.6 Å². The number of hydrogen-bond acceptors (Lipinski definition) is 6. The summed E-state index contributed by atoms with van der Waals surface area (Å²) in [7, 11) is 1.52. The molecule has 7 nitrogen and oxygen atoms in total. The summed E-state index contributed by atoms with van der Waals surface area (Å²) >= 11 is 0. The third kappa shape index (κ3) is 7.49. The highest BCUT2D eigenvalue weighted by atomic mass is 16.5. The molecule has 0 aliphatic rings. The van der Waals surface area contributed by atoms with Gasteiger partial charge in [-0.2, -0.15) is 0 Å². The number of allylic oxidation sites excluding steroid dienone is 2. The van der Waals surface area contributed by atoms with Crippen molar-refractivity contribution >= 4 is 5.91 Å². The summed E-state index contributed by atoms with van der Waals surface area (Å²) in [6, 6.07) is 6.92. The zero-order chi connectivity index (χ0) is 18.7. The number of benzene rings is 1. The molecule has 0 saturated carbocycles. The van der Waals surface area contributed by atoms with Crippen LogP contribution < -0.4 is 10.2 Å². The number of aliphatic hydroxyl groups excluding tert-OH is 2. The molecule has 0 aliphatic heterocycles. The fourth-order valence-electron chi connectivity index (χ4n) is 2.17. The number of nitrogens with one attached hydrogen (secondary N) is 1. The van der Waals surface area contributed by atoms with Crippen LogP contribution in [0.5, 0.6) is 5.75 Å². The Hall–Kier alpha value is -2.19. The summed E-state index contributed by atoms with van der Waals surface area (Å²) in [6.07, 6.45) is 3.89. The van der Waals surface area contributed by atoms with E-state index in [2.05, 4.69) is 0 Å². The Bertz CT molecular complexity index is 582. The molecule has 0 aromatic heterocycles. The van der Waals surface area contributed by atoms with Crippen LogP contribution in [0.2, 0.25) is 0 Å². The predicted molar refractivity (Wildman–Crippen MR) is 92.2 cm³/mol. The first-order chi connectivity index (χ1) is 12.0. The van der Waals surface area contributed by atoms with Gasteiger partial charge >= 0.3 is 0 Å². The Morgan fingerprint density at radius 3 is 2.56 bits per heavy atom. The molecular formula is C18H25NO6. The van der Waals surface area contributed by atoms with E-state index in [1.807, 2.05) is 0 Å². The second-order valence-electron chi connectivity index (χ2n) is 5.36. The largest absolute Gasteiger partial charge is 0.491 e. The van der Waals surface area contributed by atoms with Crippen LogP contribution in [-0.4, -0.2) is 47.8 Å². The van der Waals surface area contributed by atoms with Crippen LogP contribution in [0.25, 0.3) is 0 Å². The van der Waals surface area contributed by atoms with E-state index >= 15 is 0 Å². The number of hydrogen-bond donors (Lipinski definition) is 4. The molecule has 0 unspecified atom stereocenters. The highest BCUT2D eigenvalue weighted by Gasteiger charge is 2.19. The number of amides is 1. The average molecular weight is 351 g/mol. The topological polar surface area (TPSA) is 108 Å². The molecule has 1 aromatic rings. The van der Waals surface area contributed by atoms with Gasteiger partial charge < -0.3 is 19.7 Å². The molecule has 1 aromatic carbocycles. The zero-order valence-corrected chi connectivity index (χ0v) is 14.4. The lowest BCUT2D eigenvalue weighted by molar-refractivity contribution is -0.124. The van der Waals surface area contributed by atoms with Crippen LogP contribution in [0.15, 0.2) is 48.1 Å². The second kappa shape index (κ2) is 11.4. The van der Waals surface area contributed by atoms with Gasteiger partial charge in [0.05, 0.1) is 12.7 Å². The number of rotatable bonds is 10. The summed E-state index contributed by atoms with van der Waals surface area (Å²) in [6.45, 7) is 1.87. The molecule has 138 valence electrons. The molecule has 25 heavy (non-hydrogen) atoms. The number of methoxy groups -OCH3 is 1. The Morgan fingerprint density at radius 1 is 1.32 bits per heavy atom. The molecule has 2 atom stereocenters. The van der Waals surface area contributed by atoms with E-state index in [1.54, 1.807) is 43.3 Å². The lowest BCUT2D eigenvalue weighted by Gasteiger charge is -2.21. The molecule has 0 heterocycles. The maximum atomic E-state index is 11.0. The first kappa shape index (κ1) is 20.9. The van der Waals surface area contributed by atoms with E-state index in [4.69, 9.17) is 19.8 Å². The van der Waals surface area contributed by atoms with E-state index in [0.717, 1.165) is 0 Å². The molecule has 0 spiro atoms. The van der Waals surface area contributed by atoms with Crippen molar-refractivity contribution in [2.45, 2.75) is 25.6 Å². The first-order valence-corrected chi connectivity index (χ1v) is 7.85. The third-order valence-corrected chi connectivity index (χ3v) is 3.45. The summed E-state index contributed by atoms with van der Waals surface area (Å²) in [5.74, 6) is 0.00997. The lowest BCUT2D eigenvalue weighted by Crippen LogP contribution is -2.20. The number of carbonyl (C=O) groups is 1. The maximum Gasteiger partial charge on any atom is 0.267 e. The van der Waals surface area contributed by atoms with Crippen molar-refractivity contribution in [2.75, 3.05) is 20.3 Å². The molecular weight excluding hydrogens is 326 g/mol. The quantitative estimate of drug-likeness (QED) is 0.220. The molecule has 1 amide bonds. The van der Waals surface area contributed by atoms with Gasteiger partial charge in [-0.3, -0.25) is 10.0 Å². The summed E-state index contributed by atoms with van der Waals surface area (Å²) < 4.78 is 10.6. The van der Waals surface area contributed by atoms with Gasteiger partial charge in [0.2, 0.25) is 0 Å². The van der Waals surface area contributed by atoms with E-state index in [9.17, 15) is 9.90 Å². The molecule has 0 aliphatic carbocycles. The van der Waals surface area contributed by atoms with Gasteiger partial charge in [0.15, 0.2) is 0 Å². The maximum absolute atomic E-state index is 11.0. The van der Waals surface area contributed by atoms with Crippen molar-refractivity contribution < 1.29 is 29.7 Å². The van der Waals surface area contributed by atoms with Crippen LogP contribution >= 0.6 is 0 Å². The van der Waals surface area contributed by atoms with Gasteiger partial charge in [0.1, 0.15) is 18.5 Å². The van der Waals surface area contributed by atoms with E-state index < -0.39 is 18.1 Å². The highest BCUT2D eigenvalue weighted by molar-refractivity contribution is 5.87. The van der Waals surface area contributed by atoms with Crippen LogP contribution in [0.3, 0.4) is 0 Å². The minimum absolute atomic E-state index is 0.0592. The molecule has 4 N–H and O–H groups in total. The van der Waals surface area contributed by atoms with Crippen molar-refractivity contribution in [1.82, 2.24) is 5.48 Å².